The van der Waals surface area contributed by atoms with Gasteiger partial charge in [0.05, 0.1) is 12.4 Å². The van der Waals surface area contributed by atoms with Gasteiger partial charge in [-0.2, -0.15) is 10.2 Å². The summed E-state index contributed by atoms with van der Waals surface area (Å²) in [6, 6.07) is -0.381. The molecule has 0 bridgehead atoms. The monoisotopic (exact) mass is 312 g/mol. The van der Waals surface area contributed by atoms with Crippen molar-refractivity contribution in [2.75, 3.05) is 6.54 Å². The lowest BCUT2D eigenvalue weighted by atomic mass is 10.2. The molecule has 21 heavy (non-hydrogen) atoms. The van der Waals surface area contributed by atoms with E-state index in [0.717, 1.165) is 18.5 Å². The van der Waals surface area contributed by atoms with Crippen molar-refractivity contribution in [1.82, 2.24) is 30.4 Å². The number of hydrogen-bond acceptors (Lipinski definition) is 5. The molecule has 0 amide bonds. The second-order valence-corrected chi connectivity index (χ2v) is 6.43. The van der Waals surface area contributed by atoms with Crippen LogP contribution in [0.5, 0.6) is 0 Å². The minimum Gasteiger partial charge on any atom is -0.313 e. The van der Waals surface area contributed by atoms with E-state index in [1.807, 2.05) is 6.92 Å². The number of sulfonamides is 1. The summed E-state index contributed by atoms with van der Waals surface area (Å²) in [5.41, 5.74) is 1.39. The molecule has 8 nitrogen and oxygen atoms in total. The molecule has 4 N–H and O–H groups in total. The molecule has 9 heteroatoms. The van der Waals surface area contributed by atoms with Crippen molar-refractivity contribution in [2.24, 2.45) is 0 Å². The van der Waals surface area contributed by atoms with Gasteiger partial charge in [-0.25, -0.2) is 13.1 Å². The highest BCUT2D eigenvalue weighted by atomic mass is 32.2. The fourth-order valence-electron chi connectivity index (χ4n) is 1.92. The van der Waals surface area contributed by atoms with E-state index >= 15 is 0 Å². The molecule has 0 saturated carbocycles. The number of nitrogens with one attached hydrogen (secondary N) is 4. The van der Waals surface area contributed by atoms with E-state index in [-0.39, 0.29) is 11.1 Å². The van der Waals surface area contributed by atoms with Crippen LogP contribution in [0.25, 0.3) is 0 Å². The summed E-state index contributed by atoms with van der Waals surface area (Å²) in [4.78, 5) is 0. The molecule has 0 spiro atoms. The zero-order chi connectivity index (χ0) is 15.3. The molecule has 2 aromatic heterocycles. The summed E-state index contributed by atoms with van der Waals surface area (Å²) in [6.07, 6.45) is 5.75. The normalized spacial score (nSPS) is 13.4. The third kappa shape index (κ3) is 3.90. The largest absolute Gasteiger partial charge is 0.313 e. The SMILES string of the molecule is CCCNCc1cn[nH]c1S(=O)(=O)NC(C)c1cn[nH]c1. The molecule has 0 aliphatic carbocycles. The van der Waals surface area contributed by atoms with Gasteiger partial charge >= 0.3 is 0 Å². The Labute approximate surface area is 123 Å². The molecule has 2 aromatic rings. The number of nitrogens with zero attached hydrogens (tertiary/aromatic N) is 2. The summed E-state index contributed by atoms with van der Waals surface area (Å²) in [5.74, 6) is 0. The first kappa shape index (κ1) is 15.7. The summed E-state index contributed by atoms with van der Waals surface area (Å²) in [5, 5.41) is 16.1. The van der Waals surface area contributed by atoms with Gasteiger partial charge in [-0.15, -0.1) is 0 Å². The molecule has 0 saturated heterocycles. The molecule has 0 radical (unpaired) electrons. The average molecular weight is 312 g/mol. The standard InChI is InChI=1S/C12H20N6O2S/c1-3-4-13-5-11-8-16-17-12(11)21(19,20)18-9(2)10-6-14-15-7-10/h6-9,13,18H,3-5H2,1-2H3,(H,14,15)(H,16,17). The van der Waals surface area contributed by atoms with E-state index < -0.39 is 10.0 Å². The summed E-state index contributed by atoms with van der Waals surface area (Å²) < 4.78 is 27.4. The molecule has 2 rings (SSSR count). The zero-order valence-corrected chi connectivity index (χ0v) is 12.9. The Bertz CT molecular complexity index is 649. The molecular formula is C12H20N6O2S. The van der Waals surface area contributed by atoms with Gasteiger partial charge in [0.15, 0.2) is 5.03 Å². The first-order valence-corrected chi connectivity index (χ1v) is 8.27. The van der Waals surface area contributed by atoms with Crippen molar-refractivity contribution in [3.63, 3.8) is 0 Å². The van der Waals surface area contributed by atoms with E-state index in [9.17, 15) is 8.42 Å². The third-order valence-corrected chi connectivity index (χ3v) is 4.60. The fraction of sp³-hybridized carbons (Fsp3) is 0.500. The Morgan fingerprint density at radius 1 is 1.33 bits per heavy atom. The van der Waals surface area contributed by atoms with Gasteiger partial charge in [-0.1, -0.05) is 6.92 Å². The smallest absolute Gasteiger partial charge is 0.258 e. The lowest BCUT2D eigenvalue weighted by Crippen LogP contribution is -2.28. The Balaban J connectivity index is 2.11. The van der Waals surface area contributed by atoms with Crippen molar-refractivity contribution in [2.45, 2.75) is 37.9 Å². The highest BCUT2D eigenvalue weighted by Gasteiger charge is 2.23. The van der Waals surface area contributed by atoms with Crippen LogP contribution in [-0.4, -0.2) is 35.4 Å². The van der Waals surface area contributed by atoms with Crippen molar-refractivity contribution >= 4 is 10.0 Å². The van der Waals surface area contributed by atoms with Gasteiger partial charge in [-0.05, 0) is 19.9 Å². The average Bonchev–Trinajstić information content (AvgIpc) is 3.10. The number of rotatable bonds is 8. The van der Waals surface area contributed by atoms with Gasteiger partial charge < -0.3 is 5.32 Å². The minimum absolute atomic E-state index is 0.0986. The van der Waals surface area contributed by atoms with Crippen LogP contribution in [0, 0.1) is 0 Å². The molecular weight excluding hydrogens is 292 g/mol. The fourth-order valence-corrected chi connectivity index (χ4v) is 3.28. The van der Waals surface area contributed by atoms with E-state index in [2.05, 4.69) is 30.4 Å². The molecule has 2 heterocycles. The maximum absolute atomic E-state index is 12.4. The Hall–Kier alpha value is -1.71. The van der Waals surface area contributed by atoms with Crippen LogP contribution in [0.4, 0.5) is 0 Å². The molecule has 1 atom stereocenters. The van der Waals surface area contributed by atoms with Gasteiger partial charge in [0, 0.05) is 29.9 Å². The van der Waals surface area contributed by atoms with Crippen LogP contribution >= 0.6 is 0 Å². The predicted molar refractivity (Wildman–Crippen MR) is 77.9 cm³/mol. The Kier molecular flexibility index (Phi) is 5.10. The van der Waals surface area contributed by atoms with Crippen LogP contribution in [0.15, 0.2) is 23.6 Å². The van der Waals surface area contributed by atoms with Crippen molar-refractivity contribution in [3.8, 4) is 0 Å². The lowest BCUT2D eigenvalue weighted by molar-refractivity contribution is 0.560. The number of aromatic amines is 2. The molecule has 0 aromatic carbocycles. The maximum atomic E-state index is 12.4. The highest BCUT2D eigenvalue weighted by molar-refractivity contribution is 7.89. The van der Waals surface area contributed by atoms with Crippen molar-refractivity contribution in [3.05, 3.63) is 29.7 Å². The zero-order valence-electron chi connectivity index (χ0n) is 12.0. The van der Waals surface area contributed by atoms with Gasteiger partial charge in [0.1, 0.15) is 0 Å². The number of hydrogen-bond donors (Lipinski definition) is 4. The minimum atomic E-state index is -3.66. The van der Waals surface area contributed by atoms with Gasteiger partial charge in [0.2, 0.25) is 0 Å². The van der Waals surface area contributed by atoms with E-state index in [4.69, 9.17) is 0 Å². The second kappa shape index (κ2) is 6.83. The maximum Gasteiger partial charge on any atom is 0.258 e. The Morgan fingerprint density at radius 2 is 2.14 bits per heavy atom. The molecule has 0 fully saturated rings. The number of aromatic nitrogens is 4. The topological polar surface area (TPSA) is 116 Å². The highest BCUT2D eigenvalue weighted by Crippen LogP contribution is 2.17. The molecule has 1 unspecified atom stereocenters. The van der Waals surface area contributed by atoms with E-state index in [1.165, 1.54) is 6.20 Å². The molecule has 116 valence electrons. The van der Waals surface area contributed by atoms with E-state index in [0.29, 0.717) is 12.1 Å². The van der Waals surface area contributed by atoms with E-state index in [1.54, 1.807) is 19.3 Å². The van der Waals surface area contributed by atoms with Crippen LogP contribution in [0.2, 0.25) is 0 Å². The van der Waals surface area contributed by atoms with Crippen LogP contribution in [-0.2, 0) is 16.6 Å². The summed E-state index contributed by atoms with van der Waals surface area (Å²) in [6.45, 7) is 5.09. The first-order chi connectivity index (χ1) is 10.0. The predicted octanol–water partition coefficient (Wildman–Crippen LogP) is 0.672. The van der Waals surface area contributed by atoms with Crippen LogP contribution in [0.1, 0.15) is 37.4 Å². The third-order valence-electron chi connectivity index (χ3n) is 3.04. The van der Waals surface area contributed by atoms with Crippen LogP contribution < -0.4 is 10.0 Å². The summed E-state index contributed by atoms with van der Waals surface area (Å²) in [7, 11) is -3.66. The Morgan fingerprint density at radius 3 is 2.81 bits per heavy atom. The second-order valence-electron chi connectivity index (χ2n) is 4.78. The van der Waals surface area contributed by atoms with Crippen molar-refractivity contribution < 1.29 is 8.42 Å². The van der Waals surface area contributed by atoms with Gasteiger partial charge in [0.25, 0.3) is 10.0 Å². The lowest BCUT2D eigenvalue weighted by Gasteiger charge is -2.12. The van der Waals surface area contributed by atoms with Crippen LogP contribution in [0.3, 0.4) is 0 Å². The first-order valence-electron chi connectivity index (χ1n) is 6.78. The van der Waals surface area contributed by atoms with Gasteiger partial charge in [-0.3, -0.25) is 10.2 Å². The summed E-state index contributed by atoms with van der Waals surface area (Å²) >= 11 is 0. The van der Waals surface area contributed by atoms with Crippen molar-refractivity contribution in [1.29, 1.82) is 0 Å². The molecule has 0 aliphatic heterocycles. The quantitative estimate of drug-likeness (QED) is 0.535. The molecule has 0 aliphatic rings. The number of H-pyrrole nitrogens is 2.